The minimum atomic E-state index is 0.0640. The Morgan fingerprint density at radius 1 is 1.25 bits per heavy atom. The SMILES string of the molecule is CC(C)C1CCC(N2CCN(C(=O)c3csc(CN)n3)CC2)CC1. The van der Waals surface area contributed by atoms with Gasteiger partial charge in [-0.1, -0.05) is 13.8 Å². The Bertz CT molecular complexity index is 543. The first kappa shape index (κ1) is 17.8. The molecule has 1 aromatic rings. The molecule has 1 aliphatic carbocycles. The Balaban J connectivity index is 1.48. The van der Waals surface area contributed by atoms with Crippen molar-refractivity contribution in [2.45, 2.75) is 52.1 Å². The maximum absolute atomic E-state index is 12.5. The highest BCUT2D eigenvalue weighted by Crippen LogP contribution is 2.32. The number of thiazole rings is 1. The molecule has 0 atom stereocenters. The predicted octanol–water partition coefficient (Wildman–Crippen LogP) is 2.57. The lowest BCUT2D eigenvalue weighted by Gasteiger charge is -2.42. The van der Waals surface area contributed by atoms with Crippen LogP contribution in [-0.4, -0.2) is 52.9 Å². The van der Waals surface area contributed by atoms with Gasteiger partial charge in [0.25, 0.3) is 5.91 Å². The van der Waals surface area contributed by atoms with E-state index in [0.717, 1.165) is 49.1 Å². The van der Waals surface area contributed by atoms with Gasteiger partial charge in [-0.2, -0.15) is 0 Å². The van der Waals surface area contributed by atoms with Crippen LogP contribution in [0.1, 0.15) is 55.0 Å². The summed E-state index contributed by atoms with van der Waals surface area (Å²) in [6.45, 7) is 8.74. The molecule has 134 valence electrons. The minimum absolute atomic E-state index is 0.0640. The Kier molecular flexibility index (Phi) is 5.89. The minimum Gasteiger partial charge on any atom is -0.335 e. The van der Waals surface area contributed by atoms with Gasteiger partial charge in [0.1, 0.15) is 10.7 Å². The first-order valence-electron chi connectivity index (χ1n) is 9.26. The third-order valence-electron chi connectivity index (χ3n) is 5.75. The predicted molar refractivity (Wildman–Crippen MR) is 98.1 cm³/mol. The molecule has 1 aromatic heterocycles. The number of hydrogen-bond acceptors (Lipinski definition) is 5. The van der Waals surface area contributed by atoms with E-state index < -0.39 is 0 Å². The third-order valence-corrected chi connectivity index (χ3v) is 6.62. The molecule has 2 heterocycles. The van der Waals surface area contributed by atoms with Crippen molar-refractivity contribution in [2.24, 2.45) is 17.6 Å². The number of rotatable bonds is 4. The van der Waals surface area contributed by atoms with Crippen molar-refractivity contribution in [2.75, 3.05) is 26.2 Å². The Hall–Kier alpha value is -0.980. The van der Waals surface area contributed by atoms with Gasteiger partial charge in [-0.3, -0.25) is 9.69 Å². The van der Waals surface area contributed by atoms with Crippen LogP contribution in [0.25, 0.3) is 0 Å². The fraction of sp³-hybridized carbons (Fsp3) is 0.778. The van der Waals surface area contributed by atoms with Crippen LogP contribution >= 0.6 is 11.3 Å². The second-order valence-corrected chi connectivity index (χ2v) is 8.41. The molecular weight excluding hydrogens is 320 g/mol. The second-order valence-electron chi connectivity index (χ2n) is 7.47. The van der Waals surface area contributed by atoms with Gasteiger partial charge in [0.2, 0.25) is 0 Å². The van der Waals surface area contributed by atoms with Crippen LogP contribution in [0, 0.1) is 11.8 Å². The van der Waals surface area contributed by atoms with Gasteiger partial charge < -0.3 is 10.6 Å². The summed E-state index contributed by atoms with van der Waals surface area (Å²) in [5.74, 6) is 1.79. The molecular formula is C18H30N4OS. The number of nitrogens with two attached hydrogens (primary N) is 1. The van der Waals surface area contributed by atoms with E-state index >= 15 is 0 Å². The van der Waals surface area contributed by atoms with Gasteiger partial charge in [-0.05, 0) is 37.5 Å². The largest absolute Gasteiger partial charge is 0.335 e. The van der Waals surface area contributed by atoms with Crippen LogP contribution in [0.4, 0.5) is 0 Å². The maximum atomic E-state index is 12.5. The molecule has 0 bridgehead atoms. The average Bonchev–Trinajstić information content (AvgIpc) is 3.10. The molecule has 5 nitrogen and oxygen atoms in total. The summed E-state index contributed by atoms with van der Waals surface area (Å²) in [4.78, 5) is 21.4. The molecule has 1 amide bonds. The average molecular weight is 351 g/mol. The van der Waals surface area contributed by atoms with Crippen molar-refractivity contribution in [3.8, 4) is 0 Å². The number of nitrogens with zero attached hydrogens (tertiary/aromatic N) is 3. The van der Waals surface area contributed by atoms with E-state index in [9.17, 15) is 4.79 Å². The van der Waals surface area contributed by atoms with E-state index in [-0.39, 0.29) is 5.91 Å². The van der Waals surface area contributed by atoms with Crippen LogP contribution < -0.4 is 5.73 Å². The van der Waals surface area contributed by atoms with Gasteiger partial charge in [-0.25, -0.2) is 4.98 Å². The Morgan fingerprint density at radius 2 is 1.92 bits per heavy atom. The molecule has 1 saturated carbocycles. The van der Waals surface area contributed by atoms with E-state index in [1.165, 1.54) is 37.0 Å². The number of aromatic nitrogens is 1. The zero-order chi connectivity index (χ0) is 17.1. The lowest BCUT2D eigenvalue weighted by Crippen LogP contribution is -2.52. The van der Waals surface area contributed by atoms with E-state index in [4.69, 9.17) is 5.73 Å². The molecule has 2 aliphatic rings. The Morgan fingerprint density at radius 3 is 2.46 bits per heavy atom. The standard InChI is InChI=1S/C18H30N4OS/c1-13(2)14-3-5-15(6-4-14)21-7-9-22(10-8-21)18(23)16-12-24-17(11-19)20-16/h12-15H,3-11,19H2,1-2H3. The fourth-order valence-corrected chi connectivity index (χ4v) is 4.74. The van der Waals surface area contributed by atoms with Gasteiger partial charge >= 0.3 is 0 Å². The van der Waals surface area contributed by atoms with Gasteiger partial charge in [0, 0.05) is 44.1 Å². The first-order valence-corrected chi connectivity index (χ1v) is 10.1. The molecule has 24 heavy (non-hydrogen) atoms. The lowest BCUT2D eigenvalue weighted by atomic mass is 9.79. The zero-order valence-electron chi connectivity index (χ0n) is 14.9. The molecule has 1 aliphatic heterocycles. The van der Waals surface area contributed by atoms with Gasteiger partial charge in [0.15, 0.2) is 0 Å². The number of amides is 1. The van der Waals surface area contributed by atoms with Crippen molar-refractivity contribution in [3.63, 3.8) is 0 Å². The summed E-state index contributed by atoms with van der Waals surface area (Å²) in [5, 5.41) is 2.67. The monoisotopic (exact) mass is 350 g/mol. The van der Waals surface area contributed by atoms with Crippen LogP contribution in [0.15, 0.2) is 5.38 Å². The van der Waals surface area contributed by atoms with Gasteiger partial charge in [-0.15, -0.1) is 11.3 Å². The normalized spacial score (nSPS) is 26.1. The van der Waals surface area contributed by atoms with Crippen molar-refractivity contribution < 1.29 is 4.79 Å². The van der Waals surface area contributed by atoms with E-state index in [1.54, 1.807) is 0 Å². The molecule has 3 rings (SSSR count). The smallest absolute Gasteiger partial charge is 0.273 e. The second kappa shape index (κ2) is 7.93. The number of hydrogen-bond donors (Lipinski definition) is 1. The quantitative estimate of drug-likeness (QED) is 0.906. The van der Waals surface area contributed by atoms with Gasteiger partial charge in [0.05, 0.1) is 0 Å². The van der Waals surface area contributed by atoms with E-state index in [1.807, 2.05) is 10.3 Å². The zero-order valence-corrected chi connectivity index (χ0v) is 15.7. The maximum Gasteiger partial charge on any atom is 0.273 e. The van der Waals surface area contributed by atoms with E-state index in [2.05, 4.69) is 23.7 Å². The first-order chi connectivity index (χ1) is 11.6. The Labute approximate surface area is 149 Å². The molecule has 2 N–H and O–H groups in total. The highest BCUT2D eigenvalue weighted by molar-refractivity contribution is 7.09. The van der Waals surface area contributed by atoms with Crippen LogP contribution in [0.2, 0.25) is 0 Å². The summed E-state index contributed by atoms with van der Waals surface area (Å²) >= 11 is 1.47. The molecule has 0 unspecified atom stereocenters. The van der Waals surface area contributed by atoms with Crippen LogP contribution in [-0.2, 0) is 6.54 Å². The van der Waals surface area contributed by atoms with Crippen molar-refractivity contribution in [1.29, 1.82) is 0 Å². The summed E-state index contributed by atoms with van der Waals surface area (Å²) in [7, 11) is 0. The number of carbonyl (C=O) groups excluding carboxylic acids is 1. The van der Waals surface area contributed by atoms with Crippen molar-refractivity contribution >= 4 is 17.2 Å². The summed E-state index contributed by atoms with van der Waals surface area (Å²) in [6, 6.07) is 0.723. The van der Waals surface area contributed by atoms with Crippen LogP contribution in [0.3, 0.4) is 0 Å². The molecule has 2 fully saturated rings. The van der Waals surface area contributed by atoms with Crippen molar-refractivity contribution in [3.05, 3.63) is 16.1 Å². The van der Waals surface area contributed by atoms with E-state index in [0.29, 0.717) is 12.2 Å². The molecule has 0 spiro atoms. The highest BCUT2D eigenvalue weighted by Gasteiger charge is 2.30. The fourth-order valence-electron chi connectivity index (χ4n) is 4.09. The number of piperazine rings is 1. The molecule has 0 aromatic carbocycles. The van der Waals surface area contributed by atoms with Crippen LogP contribution in [0.5, 0.6) is 0 Å². The molecule has 0 radical (unpaired) electrons. The molecule has 1 saturated heterocycles. The summed E-state index contributed by atoms with van der Waals surface area (Å²) in [5.41, 5.74) is 6.15. The number of carbonyl (C=O) groups is 1. The highest BCUT2D eigenvalue weighted by atomic mass is 32.1. The summed E-state index contributed by atoms with van der Waals surface area (Å²) < 4.78 is 0. The summed E-state index contributed by atoms with van der Waals surface area (Å²) in [6.07, 6.45) is 5.37. The molecule has 6 heteroatoms. The van der Waals surface area contributed by atoms with Crippen molar-refractivity contribution in [1.82, 2.24) is 14.8 Å². The lowest BCUT2D eigenvalue weighted by molar-refractivity contribution is 0.0474. The third kappa shape index (κ3) is 3.98. The topological polar surface area (TPSA) is 62.5 Å².